The monoisotopic (exact) mass is 111 g/mol. The van der Waals surface area contributed by atoms with Gasteiger partial charge in [0.2, 0.25) is 0 Å². The molecule has 0 spiro atoms. The zero-order valence-electron chi connectivity index (χ0n) is 5.85. The van der Waals surface area contributed by atoms with Crippen molar-refractivity contribution in [3.8, 4) is 0 Å². The molecule has 47 valence electrons. The van der Waals surface area contributed by atoms with Crippen LogP contribution in [0.3, 0.4) is 0 Å². The van der Waals surface area contributed by atoms with Gasteiger partial charge in [0, 0.05) is 0 Å². The summed E-state index contributed by atoms with van der Waals surface area (Å²) in [5.74, 6) is 0. The van der Waals surface area contributed by atoms with Crippen LogP contribution in [0.1, 0.15) is 33.1 Å². The standard InChI is InChI=1S/C8H15/c1-3-5-7-8-6-4-2/h3,5-6H,4,7-8H2,1-2H3/b5-3+. The molecule has 0 N–H and O–H groups in total. The molecule has 0 rings (SSSR count). The second-order valence-electron chi connectivity index (χ2n) is 1.84. The second kappa shape index (κ2) is 6.74. The predicted molar refractivity (Wildman–Crippen MR) is 38.6 cm³/mol. The third-order valence-electron chi connectivity index (χ3n) is 1.06. The predicted octanol–water partition coefficient (Wildman–Crippen LogP) is 2.96. The van der Waals surface area contributed by atoms with Crippen LogP contribution in [0, 0.1) is 6.42 Å². The van der Waals surface area contributed by atoms with Crippen LogP contribution in [0.5, 0.6) is 0 Å². The highest BCUT2D eigenvalue weighted by Crippen LogP contribution is 1.97. The first kappa shape index (κ1) is 7.74. The summed E-state index contributed by atoms with van der Waals surface area (Å²) in [6.07, 6.45) is 10.3. The number of rotatable bonds is 4. The highest BCUT2D eigenvalue weighted by molar-refractivity contribution is 4.79. The fraction of sp³-hybridized carbons (Fsp3) is 0.625. The Bertz CT molecular complexity index is 53.1. The smallest absolute Gasteiger partial charge is 0.0348 e. The van der Waals surface area contributed by atoms with Crippen LogP contribution >= 0.6 is 0 Å². The molecule has 8 heavy (non-hydrogen) atoms. The van der Waals surface area contributed by atoms with Crippen molar-refractivity contribution in [2.24, 2.45) is 0 Å². The molecular formula is C8H15. The molecule has 0 aromatic carbocycles. The maximum atomic E-state index is 2.31. The molecule has 0 saturated heterocycles. The maximum Gasteiger partial charge on any atom is -0.0348 e. The van der Waals surface area contributed by atoms with Gasteiger partial charge in [0.25, 0.3) is 0 Å². The van der Waals surface area contributed by atoms with Crippen molar-refractivity contribution in [1.29, 1.82) is 0 Å². The molecule has 0 aliphatic carbocycles. The molecule has 0 aliphatic heterocycles. The van der Waals surface area contributed by atoms with Crippen LogP contribution < -0.4 is 0 Å². The van der Waals surface area contributed by atoms with Crippen LogP contribution in [0.25, 0.3) is 0 Å². The SMILES string of the molecule is C/C=C/CC[CH]CC. The van der Waals surface area contributed by atoms with E-state index in [4.69, 9.17) is 0 Å². The first-order chi connectivity index (χ1) is 3.91. The molecule has 0 bridgehead atoms. The lowest BCUT2D eigenvalue weighted by atomic mass is 10.2. The van der Waals surface area contributed by atoms with Crippen molar-refractivity contribution in [3.05, 3.63) is 18.6 Å². The van der Waals surface area contributed by atoms with Crippen molar-refractivity contribution in [1.82, 2.24) is 0 Å². The summed E-state index contributed by atoms with van der Waals surface area (Å²) in [5.41, 5.74) is 0. The topological polar surface area (TPSA) is 0 Å². The minimum Gasteiger partial charge on any atom is -0.0917 e. The minimum absolute atomic E-state index is 1.21. The van der Waals surface area contributed by atoms with Gasteiger partial charge in [0.1, 0.15) is 0 Å². The molecule has 1 radical (unpaired) electrons. The number of hydrogen-bond acceptors (Lipinski definition) is 0. The Balaban J connectivity index is 2.72. The van der Waals surface area contributed by atoms with Gasteiger partial charge in [-0.2, -0.15) is 0 Å². The molecule has 0 aliphatic rings. The van der Waals surface area contributed by atoms with Gasteiger partial charge in [0.05, 0.1) is 0 Å². The Hall–Kier alpha value is -0.260. The van der Waals surface area contributed by atoms with Crippen molar-refractivity contribution >= 4 is 0 Å². The van der Waals surface area contributed by atoms with Crippen molar-refractivity contribution < 1.29 is 0 Å². The Morgan fingerprint density at radius 3 is 2.50 bits per heavy atom. The maximum absolute atomic E-state index is 2.31. The van der Waals surface area contributed by atoms with Gasteiger partial charge in [-0.25, -0.2) is 0 Å². The van der Waals surface area contributed by atoms with E-state index in [0.29, 0.717) is 0 Å². The van der Waals surface area contributed by atoms with E-state index in [2.05, 4.69) is 32.4 Å². The lowest BCUT2D eigenvalue weighted by Gasteiger charge is -1.88. The molecule has 0 saturated carbocycles. The molecule has 0 aromatic rings. The number of hydrogen-bond donors (Lipinski definition) is 0. The quantitative estimate of drug-likeness (QED) is 0.386. The van der Waals surface area contributed by atoms with Crippen LogP contribution in [-0.4, -0.2) is 0 Å². The Labute approximate surface area is 52.6 Å². The molecule has 0 amide bonds. The van der Waals surface area contributed by atoms with E-state index in [1.807, 2.05) is 0 Å². The molecule has 0 heteroatoms. The summed E-state index contributed by atoms with van der Waals surface area (Å²) < 4.78 is 0. The van der Waals surface area contributed by atoms with Crippen LogP contribution in [0.15, 0.2) is 12.2 Å². The molecule has 0 atom stereocenters. The molecule has 0 heterocycles. The van der Waals surface area contributed by atoms with Gasteiger partial charge < -0.3 is 0 Å². The van der Waals surface area contributed by atoms with Gasteiger partial charge in [0.15, 0.2) is 0 Å². The summed E-state index contributed by atoms with van der Waals surface area (Å²) in [7, 11) is 0. The average Bonchev–Trinajstić information content (AvgIpc) is 1.81. The minimum atomic E-state index is 1.21. The molecule has 0 aromatic heterocycles. The summed E-state index contributed by atoms with van der Waals surface area (Å²) in [6.45, 7) is 4.24. The van der Waals surface area contributed by atoms with E-state index in [1.165, 1.54) is 19.3 Å². The lowest BCUT2D eigenvalue weighted by Crippen LogP contribution is -1.70. The van der Waals surface area contributed by atoms with Crippen molar-refractivity contribution in [2.75, 3.05) is 0 Å². The fourth-order valence-electron chi connectivity index (χ4n) is 0.585. The van der Waals surface area contributed by atoms with Crippen molar-refractivity contribution in [2.45, 2.75) is 33.1 Å². The van der Waals surface area contributed by atoms with Crippen LogP contribution in [0.4, 0.5) is 0 Å². The van der Waals surface area contributed by atoms with Gasteiger partial charge >= 0.3 is 0 Å². The third kappa shape index (κ3) is 5.74. The van der Waals surface area contributed by atoms with Gasteiger partial charge in [-0.05, 0) is 26.2 Å². The van der Waals surface area contributed by atoms with Crippen LogP contribution in [0.2, 0.25) is 0 Å². The number of unbranched alkanes of at least 4 members (excludes halogenated alkanes) is 3. The normalized spacial score (nSPS) is 10.8. The van der Waals surface area contributed by atoms with E-state index in [0.717, 1.165) is 0 Å². The molecule has 0 nitrogen and oxygen atoms in total. The number of allylic oxidation sites excluding steroid dienone is 2. The van der Waals surface area contributed by atoms with Crippen LogP contribution in [-0.2, 0) is 0 Å². The van der Waals surface area contributed by atoms with E-state index in [-0.39, 0.29) is 0 Å². The zero-order valence-corrected chi connectivity index (χ0v) is 5.85. The average molecular weight is 111 g/mol. The summed E-state index contributed by atoms with van der Waals surface area (Å²) in [5, 5.41) is 0. The first-order valence-corrected chi connectivity index (χ1v) is 3.34. The Morgan fingerprint density at radius 1 is 1.25 bits per heavy atom. The largest absolute Gasteiger partial charge is 0.0917 e. The van der Waals surface area contributed by atoms with Crippen molar-refractivity contribution in [3.63, 3.8) is 0 Å². The highest BCUT2D eigenvalue weighted by Gasteiger charge is 1.79. The molecule has 0 unspecified atom stereocenters. The third-order valence-corrected chi connectivity index (χ3v) is 1.06. The molecule has 0 fully saturated rings. The second-order valence-corrected chi connectivity index (χ2v) is 1.84. The summed E-state index contributed by atoms with van der Waals surface area (Å²) in [4.78, 5) is 0. The van der Waals surface area contributed by atoms with Gasteiger partial charge in [-0.15, -0.1) is 0 Å². The zero-order chi connectivity index (χ0) is 6.24. The summed E-state index contributed by atoms with van der Waals surface area (Å²) in [6, 6.07) is 0. The van der Waals surface area contributed by atoms with E-state index >= 15 is 0 Å². The van der Waals surface area contributed by atoms with Gasteiger partial charge in [-0.3, -0.25) is 0 Å². The van der Waals surface area contributed by atoms with E-state index < -0.39 is 0 Å². The van der Waals surface area contributed by atoms with E-state index in [9.17, 15) is 0 Å². The lowest BCUT2D eigenvalue weighted by molar-refractivity contribution is 0.900. The van der Waals surface area contributed by atoms with E-state index in [1.54, 1.807) is 0 Å². The fourth-order valence-corrected chi connectivity index (χ4v) is 0.585. The highest BCUT2D eigenvalue weighted by atomic mass is 13.8. The summed E-state index contributed by atoms with van der Waals surface area (Å²) >= 11 is 0. The Morgan fingerprint density at radius 2 is 2.00 bits per heavy atom. The Kier molecular flexibility index (Phi) is 6.52. The molecular weight excluding hydrogens is 96.1 g/mol. The first-order valence-electron chi connectivity index (χ1n) is 3.34. The van der Waals surface area contributed by atoms with Gasteiger partial charge in [-0.1, -0.05) is 25.5 Å².